The number of cyclic esters (lactones) is 1. The third-order valence-electron chi connectivity index (χ3n) is 4.71. The van der Waals surface area contributed by atoms with Crippen LogP contribution in [0, 0.1) is 11.3 Å². The van der Waals surface area contributed by atoms with E-state index < -0.39 is 8.32 Å². The lowest BCUT2D eigenvalue weighted by atomic mass is 9.84. The van der Waals surface area contributed by atoms with Crippen molar-refractivity contribution in [2.45, 2.75) is 72.2 Å². The van der Waals surface area contributed by atoms with Crippen LogP contribution >= 0.6 is 0 Å². The standard InChI is InChI=1S/C15H30O3Si/c1-11-9-12(18-13(11)16)15(5,6)10-17-19(7,8)14(2,3)4/h11-12H,9-10H2,1-8H3/t11-,12-/m1/s1. The van der Waals surface area contributed by atoms with Crippen molar-refractivity contribution >= 4 is 14.3 Å². The zero-order valence-corrected chi connectivity index (χ0v) is 14.8. The largest absolute Gasteiger partial charge is 0.461 e. The Morgan fingerprint density at radius 2 is 1.79 bits per heavy atom. The molecule has 0 N–H and O–H groups in total. The number of esters is 1. The summed E-state index contributed by atoms with van der Waals surface area (Å²) >= 11 is 0. The van der Waals surface area contributed by atoms with Gasteiger partial charge in [-0.3, -0.25) is 4.79 Å². The molecule has 1 rings (SSSR count). The van der Waals surface area contributed by atoms with E-state index in [1.165, 1.54) is 0 Å². The van der Waals surface area contributed by atoms with Gasteiger partial charge in [0.1, 0.15) is 6.10 Å². The van der Waals surface area contributed by atoms with Crippen molar-refractivity contribution in [2.24, 2.45) is 11.3 Å². The summed E-state index contributed by atoms with van der Waals surface area (Å²) in [7, 11) is -1.74. The van der Waals surface area contributed by atoms with Crippen molar-refractivity contribution in [2.75, 3.05) is 6.61 Å². The Morgan fingerprint density at radius 1 is 1.26 bits per heavy atom. The van der Waals surface area contributed by atoms with Crippen LogP contribution in [0.1, 0.15) is 48.0 Å². The molecule has 0 aromatic heterocycles. The molecule has 0 bridgehead atoms. The van der Waals surface area contributed by atoms with E-state index in [1.54, 1.807) is 0 Å². The summed E-state index contributed by atoms with van der Waals surface area (Å²) in [5, 5.41) is 0.211. The molecule has 1 aliphatic rings. The highest BCUT2D eigenvalue weighted by molar-refractivity contribution is 6.74. The molecule has 0 aliphatic carbocycles. The van der Waals surface area contributed by atoms with E-state index in [2.05, 4.69) is 47.7 Å². The van der Waals surface area contributed by atoms with E-state index in [4.69, 9.17) is 9.16 Å². The number of ether oxygens (including phenoxy) is 1. The predicted octanol–water partition coefficient (Wildman–Crippen LogP) is 3.99. The zero-order chi connectivity index (χ0) is 15.1. The molecule has 0 aromatic carbocycles. The number of carbonyl (C=O) groups excluding carboxylic acids is 1. The molecule has 0 aromatic rings. The summed E-state index contributed by atoms with van der Waals surface area (Å²) in [4.78, 5) is 11.5. The monoisotopic (exact) mass is 286 g/mol. The molecule has 1 heterocycles. The van der Waals surface area contributed by atoms with Crippen LogP contribution in [0.15, 0.2) is 0 Å². The second kappa shape index (κ2) is 5.21. The topological polar surface area (TPSA) is 35.5 Å². The first-order valence-electron chi connectivity index (χ1n) is 7.21. The van der Waals surface area contributed by atoms with E-state index in [9.17, 15) is 4.79 Å². The Bertz CT molecular complexity index is 342. The van der Waals surface area contributed by atoms with Crippen molar-refractivity contribution < 1.29 is 14.0 Å². The Hall–Kier alpha value is -0.353. The van der Waals surface area contributed by atoms with Crippen LogP contribution in [0.2, 0.25) is 18.1 Å². The average Bonchev–Trinajstić information content (AvgIpc) is 2.56. The van der Waals surface area contributed by atoms with Crippen LogP contribution in [0.3, 0.4) is 0 Å². The van der Waals surface area contributed by atoms with Gasteiger partial charge in [-0.2, -0.15) is 0 Å². The minimum Gasteiger partial charge on any atom is -0.461 e. The van der Waals surface area contributed by atoms with E-state index in [1.807, 2.05) is 6.92 Å². The van der Waals surface area contributed by atoms with Gasteiger partial charge in [0.05, 0.1) is 5.92 Å². The lowest BCUT2D eigenvalue weighted by Gasteiger charge is -2.40. The zero-order valence-electron chi connectivity index (χ0n) is 13.8. The molecule has 1 aliphatic heterocycles. The lowest BCUT2D eigenvalue weighted by molar-refractivity contribution is -0.148. The van der Waals surface area contributed by atoms with Gasteiger partial charge in [0.15, 0.2) is 8.32 Å². The van der Waals surface area contributed by atoms with Crippen LogP contribution < -0.4 is 0 Å². The van der Waals surface area contributed by atoms with Crippen LogP contribution in [-0.4, -0.2) is 27.0 Å². The second-order valence-electron chi connectivity index (χ2n) is 8.10. The highest BCUT2D eigenvalue weighted by atomic mass is 28.4. The fourth-order valence-electron chi connectivity index (χ4n) is 1.88. The molecule has 1 saturated heterocycles. The number of carbonyl (C=O) groups is 1. The lowest BCUT2D eigenvalue weighted by Crippen LogP contribution is -2.45. The minimum absolute atomic E-state index is 0.0141. The maximum Gasteiger partial charge on any atom is 0.309 e. The quantitative estimate of drug-likeness (QED) is 0.579. The second-order valence-corrected chi connectivity index (χ2v) is 12.9. The molecule has 112 valence electrons. The van der Waals surface area contributed by atoms with Crippen LogP contribution in [0.4, 0.5) is 0 Å². The summed E-state index contributed by atoms with van der Waals surface area (Å²) in [6, 6.07) is 0. The van der Waals surface area contributed by atoms with Gasteiger partial charge >= 0.3 is 5.97 Å². The SMILES string of the molecule is C[C@@H]1C[C@H](C(C)(C)CO[Si](C)(C)C(C)(C)C)OC1=O. The number of hydrogen-bond donors (Lipinski definition) is 0. The Labute approximate surface area is 119 Å². The van der Waals surface area contributed by atoms with Crippen molar-refractivity contribution in [3.05, 3.63) is 0 Å². The van der Waals surface area contributed by atoms with Gasteiger partial charge < -0.3 is 9.16 Å². The summed E-state index contributed by atoms with van der Waals surface area (Å²) in [6.45, 7) is 18.1. The molecule has 19 heavy (non-hydrogen) atoms. The van der Waals surface area contributed by atoms with Crippen LogP contribution in [-0.2, 0) is 14.0 Å². The molecule has 0 saturated carbocycles. The van der Waals surface area contributed by atoms with Gasteiger partial charge in [-0.1, -0.05) is 41.5 Å². The maximum atomic E-state index is 11.5. The van der Waals surface area contributed by atoms with Crippen LogP contribution in [0.25, 0.3) is 0 Å². The average molecular weight is 286 g/mol. The summed E-state index contributed by atoms with van der Waals surface area (Å²) in [6.07, 6.45) is 0.798. The smallest absolute Gasteiger partial charge is 0.309 e. The molecule has 3 nitrogen and oxygen atoms in total. The molecule has 0 radical (unpaired) electrons. The Morgan fingerprint density at radius 3 is 2.16 bits per heavy atom. The first-order valence-corrected chi connectivity index (χ1v) is 10.1. The third kappa shape index (κ3) is 3.82. The molecule has 2 atom stereocenters. The third-order valence-corrected chi connectivity index (χ3v) is 9.19. The van der Waals surface area contributed by atoms with Crippen molar-refractivity contribution in [3.8, 4) is 0 Å². The van der Waals surface area contributed by atoms with Gasteiger partial charge in [-0.05, 0) is 24.6 Å². The van der Waals surface area contributed by atoms with Crippen LogP contribution in [0.5, 0.6) is 0 Å². The van der Waals surface area contributed by atoms with E-state index in [0.29, 0.717) is 6.61 Å². The van der Waals surface area contributed by atoms with Gasteiger partial charge in [0.2, 0.25) is 0 Å². The van der Waals surface area contributed by atoms with Gasteiger partial charge in [0.25, 0.3) is 0 Å². The van der Waals surface area contributed by atoms with Crippen molar-refractivity contribution in [1.29, 1.82) is 0 Å². The molecular weight excluding hydrogens is 256 g/mol. The molecular formula is C15H30O3Si. The van der Waals surface area contributed by atoms with Gasteiger partial charge in [0, 0.05) is 12.0 Å². The molecule has 0 unspecified atom stereocenters. The summed E-state index contributed by atoms with van der Waals surface area (Å²) in [5.74, 6) is -0.0393. The maximum absolute atomic E-state index is 11.5. The van der Waals surface area contributed by atoms with E-state index in [-0.39, 0.29) is 28.4 Å². The highest BCUT2D eigenvalue weighted by Crippen LogP contribution is 2.40. The van der Waals surface area contributed by atoms with Crippen molar-refractivity contribution in [3.63, 3.8) is 0 Å². The summed E-state index contributed by atoms with van der Waals surface area (Å²) < 4.78 is 11.8. The van der Waals surface area contributed by atoms with Gasteiger partial charge in [-0.15, -0.1) is 0 Å². The first kappa shape index (κ1) is 16.7. The Kier molecular flexibility index (Phi) is 4.58. The number of rotatable bonds is 4. The highest BCUT2D eigenvalue weighted by Gasteiger charge is 2.44. The fraction of sp³-hybridized carbons (Fsp3) is 0.933. The first-order chi connectivity index (χ1) is 8.37. The summed E-state index contributed by atoms with van der Waals surface area (Å²) in [5.41, 5.74) is -0.115. The Balaban J connectivity index is 2.64. The molecule has 4 heteroatoms. The molecule has 1 fully saturated rings. The van der Waals surface area contributed by atoms with Crippen molar-refractivity contribution in [1.82, 2.24) is 0 Å². The fourth-order valence-corrected chi connectivity index (χ4v) is 3.04. The minimum atomic E-state index is -1.74. The normalized spacial score (nSPS) is 25.6. The predicted molar refractivity (Wildman–Crippen MR) is 80.6 cm³/mol. The van der Waals surface area contributed by atoms with E-state index >= 15 is 0 Å². The van der Waals surface area contributed by atoms with Gasteiger partial charge in [-0.25, -0.2) is 0 Å². The molecule has 0 amide bonds. The van der Waals surface area contributed by atoms with E-state index in [0.717, 1.165) is 6.42 Å². The number of hydrogen-bond acceptors (Lipinski definition) is 3. The molecule has 0 spiro atoms.